The van der Waals surface area contributed by atoms with Crippen LogP contribution in [-0.4, -0.2) is 51.6 Å². The van der Waals surface area contributed by atoms with Crippen molar-refractivity contribution in [3.05, 3.63) is 18.2 Å². The molecule has 1 aliphatic heterocycles. The van der Waals surface area contributed by atoms with Crippen molar-refractivity contribution in [2.45, 2.75) is 26.2 Å². The predicted octanol–water partition coefficient (Wildman–Crippen LogP) is 1.09. The van der Waals surface area contributed by atoms with Crippen LogP contribution in [0.4, 0.5) is 5.69 Å². The van der Waals surface area contributed by atoms with Crippen molar-refractivity contribution in [2.75, 3.05) is 38.8 Å². The average Bonchev–Trinajstić information content (AvgIpc) is 3.05. The van der Waals surface area contributed by atoms with Gasteiger partial charge < -0.3 is 25.0 Å². The van der Waals surface area contributed by atoms with E-state index in [0.29, 0.717) is 36.8 Å². The Morgan fingerprint density at radius 3 is 2.41 bits per heavy atom. The largest absolute Gasteiger partial charge is 0.493 e. The maximum absolute atomic E-state index is 12.4. The number of nitrogens with one attached hydrogen (secondary N) is 2. The number of carbonyl (C=O) groups is 3. The van der Waals surface area contributed by atoms with Gasteiger partial charge >= 0.3 is 0 Å². The van der Waals surface area contributed by atoms with E-state index in [2.05, 4.69) is 10.6 Å². The fourth-order valence-corrected chi connectivity index (χ4v) is 3.00. The molecule has 8 nitrogen and oxygen atoms in total. The van der Waals surface area contributed by atoms with E-state index in [1.807, 2.05) is 0 Å². The summed E-state index contributed by atoms with van der Waals surface area (Å²) in [6.07, 6.45) is 1.75. The van der Waals surface area contributed by atoms with E-state index < -0.39 is 0 Å². The van der Waals surface area contributed by atoms with Gasteiger partial charge in [0.2, 0.25) is 17.7 Å². The number of benzene rings is 1. The standard InChI is InChI=1S/C19H27N3O5/c1-13(23)20-8-4-5-9-21-19(25)14-10-18(24)22(12-14)15-6-7-16(26-2)17(11-15)27-3/h6-7,11,14H,4-5,8-10,12H2,1-3H3,(H,20,23)(H,21,25). The number of hydrogen-bond donors (Lipinski definition) is 2. The first kappa shape index (κ1) is 20.5. The summed E-state index contributed by atoms with van der Waals surface area (Å²) < 4.78 is 10.5. The first-order valence-corrected chi connectivity index (χ1v) is 9.00. The second kappa shape index (κ2) is 9.80. The number of nitrogens with zero attached hydrogens (tertiary/aromatic N) is 1. The molecule has 1 unspecified atom stereocenters. The summed E-state index contributed by atoms with van der Waals surface area (Å²) in [7, 11) is 3.09. The van der Waals surface area contributed by atoms with Gasteiger partial charge in [-0.15, -0.1) is 0 Å². The highest BCUT2D eigenvalue weighted by molar-refractivity contribution is 6.00. The highest BCUT2D eigenvalue weighted by Gasteiger charge is 2.35. The second-order valence-electron chi connectivity index (χ2n) is 6.43. The summed E-state index contributed by atoms with van der Waals surface area (Å²) in [5.74, 6) is 0.481. The molecule has 0 saturated carbocycles. The van der Waals surface area contributed by atoms with Gasteiger partial charge in [0.05, 0.1) is 20.1 Å². The lowest BCUT2D eigenvalue weighted by molar-refractivity contribution is -0.126. The van der Waals surface area contributed by atoms with Crippen LogP contribution in [0, 0.1) is 5.92 Å². The molecule has 0 aliphatic carbocycles. The zero-order valence-corrected chi connectivity index (χ0v) is 16.0. The molecule has 148 valence electrons. The van der Waals surface area contributed by atoms with Gasteiger partial charge in [-0.1, -0.05) is 0 Å². The normalized spacial score (nSPS) is 16.2. The monoisotopic (exact) mass is 377 g/mol. The van der Waals surface area contributed by atoms with Gasteiger partial charge in [0.15, 0.2) is 11.5 Å². The van der Waals surface area contributed by atoms with Crippen LogP contribution in [0.3, 0.4) is 0 Å². The van der Waals surface area contributed by atoms with Gasteiger partial charge in [0, 0.05) is 44.7 Å². The Bertz CT molecular complexity index is 692. The highest BCUT2D eigenvalue weighted by atomic mass is 16.5. The van der Waals surface area contributed by atoms with E-state index in [1.165, 1.54) is 14.0 Å². The molecule has 2 N–H and O–H groups in total. The molecule has 8 heteroatoms. The van der Waals surface area contributed by atoms with Crippen molar-refractivity contribution in [3.63, 3.8) is 0 Å². The zero-order chi connectivity index (χ0) is 19.8. The smallest absolute Gasteiger partial charge is 0.227 e. The average molecular weight is 377 g/mol. The number of ether oxygens (including phenoxy) is 2. The van der Waals surface area contributed by atoms with Gasteiger partial charge in [-0.3, -0.25) is 14.4 Å². The molecule has 1 aromatic carbocycles. The maximum atomic E-state index is 12.4. The Balaban J connectivity index is 1.85. The van der Waals surface area contributed by atoms with Crippen LogP contribution in [0.2, 0.25) is 0 Å². The Morgan fingerprint density at radius 2 is 1.78 bits per heavy atom. The molecule has 2 rings (SSSR count). The van der Waals surface area contributed by atoms with E-state index in [1.54, 1.807) is 30.2 Å². The summed E-state index contributed by atoms with van der Waals surface area (Å²) in [4.78, 5) is 37.1. The minimum atomic E-state index is -0.374. The molecular formula is C19H27N3O5. The molecule has 0 spiro atoms. The summed E-state index contributed by atoms with van der Waals surface area (Å²) in [5.41, 5.74) is 0.684. The first-order valence-electron chi connectivity index (χ1n) is 9.00. The van der Waals surface area contributed by atoms with Crippen molar-refractivity contribution in [1.82, 2.24) is 10.6 Å². The molecule has 1 fully saturated rings. The number of amides is 3. The van der Waals surface area contributed by atoms with Crippen molar-refractivity contribution < 1.29 is 23.9 Å². The molecule has 1 heterocycles. The molecule has 0 radical (unpaired) electrons. The molecule has 1 atom stereocenters. The van der Waals surface area contributed by atoms with Crippen LogP contribution in [0.1, 0.15) is 26.2 Å². The molecule has 0 bridgehead atoms. The van der Waals surface area contributed by atoms with Gasteiger partial charge in [-0.25, -0.2) is 0 Å². The Labute approximate surface area is 159 Å². The number of carbonyl (C=O) groups excluding carboxylic acids is 3. The van der Waals surface area contributed by atoms with Crippen LogP contribution in [0.5, 0.6) is 11.5 Å². The summed E-state index contributed by atoms with van der Waals surface area (Å²) in [5, 5.41) is 5.58. The lowest BCUT2D eigenvalue weighted by Crippen LogP contribution is -2.33. The molecule has 1 aromatic rings. The fraction of sp³-hybridized carbons (Fsp3) is 0.526. The molecule has 0 aromatic heterocycles. The van der Waals surface area contributed by atoms with Crippen LogP contribution in [0.25, 0.3) is 0 Å². The van der Waals surface area contributed by atoms with Crippen molar-refractivity contribution in [1.29, 1.82) is 0 Å². The number of methoxy groups -OCH3 is 2. The molecule has 27 heavy (non-hydrogen) atoms. The topological polar surface area (TPSA) is 97.0 Å². The molecule has 1 saturated heterocycles. The summed E-state index contributed by atoms with van der Waals surface area (Å²) >= 11 is 0. The number of rotatable bonds is 9. The van der Waals surface area contributed by atoms with Crippen LogP contribution in [-0.2, 0) is 14.4 Å². The fourth-order valence-electron chi connectivity index (χ4n) is 3.00. The minimum absolute atomic E-state index is 0.0567. The third-order valence-electron chi connectivity index (χ3n) is 4.45. The van der Waals surface area contributed by atoms with Crippen molar-refractivity contribution >= 4 is 23.4 Å². The number of anilines is 1. The molecular weight excluding hydrogens is 350 g/mol. The lowest BCUT2D eigenvalue weighted by atomic mass is 10.1. The Hall–Kier alpha value is -2.77. The predicted molar refractivity (Wildman–Crippen MR) is 101 cm³/mol. The van der Waals surface area contributed by atoms with Gasteiger partial charge in [0.25, 0.3) is 0 Å². The summed E-state index contributed by atoms with van der Waals surface area (Å²) in [6.45, 7) is 2.94. The second-order valence-corrected chi connectivity index (χ2v) is 6.43. The van der Waals surface area contributed by atoms with E-state index in [4.69, 9.17) is 9.47 Å². The minimum Gasteiger partial charge on any atom is -0.493 e. The Morgan fingerprint density at radius 1 is 1.11 bits per heavy atom. The van der Waals surface area contributed by atoms with E-state index in [0.717, 1.165) is 12.8 Å². The van der Waals surface area contributed by atoms with E-state index in [9.17, 15) is 14.4 Å². The maximum Gasteiger partial charge on any atom is 0.227 e. The SMILES string of the molecule is COc1ccc(N2CC(C(=O)NCCCCNC(C)=O)CC2=O)cc1OC. The summed E-state index contributed by atoms with van der Waals surface area (Å²) in [6, 6.07) is 5.25. The van der Waals surface area contributed by atoms with Crippen molar-refractivity contribution in [2.24, 2.45) is 5.92 Å². The van der Waals surface area contributed by atoms with Crippen molar-refractivity contribution in [3.8, 4) is 11.5 Å². The third kappa shape index (κ3) is 5.60. The Kier molecular flexibility index (Phi) is 7.45. The first-order chi connectivity index (χ1) is 13.0. The lowest BCUT2D eigenvalue weighted by Gasteiger charge is -2.18. The van der Waals surface area contributed by atoms with Gasteiger partial charge in [-0.05, 0) is 25.0 Å². The van der Waals surface area contributed by atoms with Crippen LogP contribution < -0.4 is 25.0 Å². The van der Waals surface area contributed by atoms with Crippen LogP contribution >= 0.6 is 0 Å². The van der Waals surface area contributed by atoms with E-state index >= 15 is 0 Å². The van der Waals surface area contributed by atoms with Gasteiger partial charge in [-0.2, -0.15) is 0 Å². The molecule has 3 amide bonds. The number of hydrogen-bond acceptors (Lipinski definition) is 5. The zero-order valence-electron chi connectivity index (χ0n) is 16.0. The van der Waals surface area contributed by atoms with Gasteiger partial charge in [0.1, 0.15) is 0 Å². The number of unbranched alkanes of at least 4 members (excludes halogenated alkanes) is 1. The van der Waals surface area contributed by atoms with E-state index in [-0.39, 0.29) is 30.1 Å². The highest BCUT2D eigenvalue weighted by Crippen LogP contribution is 2.34. The van der Waals surface area contributed by atoms with Crippen LogP contribution in [0.15, 0.2) is 18.2 Å². The molecule has 1 aliphatic rings. The quantitative estimate of drug-likeness (QED) is 0.628. The third-order valence-corrected chi connectivity index (χ3v) is 4.45.